The van der Waals surface area contributed by atoms with Crippen LogP contribution in [0.5, 0.6) is 5.75 Å². The monoisotopic (exact) mass is 449 g/mol. The molecule has 2 aromatic carbocycles. The van der Waals surface area contributed by atoms with Crippen LogP contribution in [0.2, 0.25) is 0 Å². The lowest BCUT2D eigenvalue weighted by Gasteiger charge is -2.21. The van der Waals surface area contributed by atoms with Gasteiger partial charge in [-0.3, -0.25) is 14.5 Å². The number of nitrogens with zero attached hydrogens (tertiary/aromatic N) is 2. The molecule has 1 N–H and O–H groups in total. The van der Waals surface area contributed by atoms with Gasteiger partial charge in [0, 0.05) is 6.54 Å². The molecule has 6 nitrogen and oxygen atoms in total. The summed E-state index contributed by atoms with van der Waals surface area (Å²) in [5.74, 6) is 0.568. The summed E-state index contributed by atoms with van der Waals surface area (Å²) in [5.41, 5.74) is 4.11. The van der Waals surface area contributed by atoms with Crippen LogP contribution in [-0.2, 0) is 9.59 Å². The molecule has 0 saturated carbocycles. The van der Waals surface area contributed by atoms with Gasteiger partial charge in [-0.2, -0.15) is 0 Å². The highest BCUT2D eigenvalue weighted by molar-refractivity contribution is 8.15. The minimum atomic E-state index is -0.266. The summed E-state index contributed by atoms with van der Waals surface area (Å²) >= 11 is 1.37. The largest absolute Gasteiger partial charge is 0.497 e. The van der Waals surface area contributed by atoms with Crippen molar-refractivity contribution in [3.8, 4) is 5.75 Å². The van der Waals surface area contributed by atoms with E-state index in [9.17, 15) is 9.59 Å². The Balaban J connectivity index is 1.71. The molecule has 2 heterocycles. The van der Waals surface area contributed by atoms with E-state index in [0.29, 0.717) is 17.4 Å². The van der Waals surface area contributed by atoms with Gasteiger partial charge in [-0.05, 0) is 73.7 Å². The Labute approximate surface area is 192 Å². The van der Waals surface area contributed by atoms with E-state index in [1.807, 2.05) is 50.2 Å². The number of nitrogens with one attached hydrogen (secondary N) is 1. The first-order chi connectivity index (χ1) is 15.4. The average Bonchev–Trinajstić information content (AvgIpc) is 2.91. The Bertz CT molecular complexity index is 1070. The number of amides is 2. The molecule has 1 fully saturated rings. The van der Waals surface area contributed by atoms with E-state index in [4.69, 9.17) is 4.74 Å². The van der Waals surface area contributed by atoms with Gasteiger partial charge >= 0.3 is 0 Å². The summed E-state index contributed by atoms with van der Waals surface area (Å²) in [6, 6.07) is 13.5. The molecule has 1 unspecified atom stereocenters. The van der Waals surface area contributed by atoms with Crippen molar-refractivity contribution in [3.63, 3.8) is 0 Å². The van der Waals surface area contributed by atoms with Crippen molar-refractivity contribution < 1.29 is 14.3 Å². The molecule has 7 heteroatoms. The summed E-state index contributed by atoms with van der Waals surface area (Å²) in [7, 11) is 1.62. The SMILES string of the molecule is COc1ccc(/C=C2\N=C(SC3CCCCNC3=O)N(c3cc(C)cc(C)c3)C2=O)cc1. The molecule has 0 bridgehead atoms. The second-order valence-electron chi connectivity index (χ2n) is 8.08. The molecule has 4 rings (SSSR count). The van der Waals surface area contributed by atoms with Crippen LogP contribution in [0.4, 0.5) is 5.69 Å². The van der Waals surface area contributed by atoms with E-state index in [1.165, 1.54) is 11.8 Å². The minimum Gasteiger partial charge on any atom is -0.497 e. The van der Waals surface area contributed by atoms with Crippen molar-refractivity contribution in [2.24, 2.45) is 4.99 Å². The molecule has 0 aromatic heterocycles. The summed E-state index contributed by atoms with van der Waals surface area (Å²) in [6.07, 6.45) is 4.48. The highest BCUT2D eigenvalue weighted by atomic mass is 32.2. The topological polar surface area (TPSA) is 71.0 Å². The maximum Gasteiger partial charge on any atom is 0.283 e. The highest BCUT2D eigenvalue weighted by Gasteiger charge is 2.35. The number of carbonyl (C=O) groups is 2. The number of aryl methyl sites for hydroxylation is 2. The third-order valence-corrected chi connectivity index (χ3v) is 6.66. The number of benzene rings is 2. The number of hydrogen-bond donors (Lipinski definition) is 1. The maximum absolute atomic E-state index is 13.5. The van der Waals surface area contributed by atoms with Gasteiger partial charge in [0.2, 0.25) is 5.91 Å². The first-order valence-electron chi connectivity index (χ1n) is 10.8. The van der Waals surface area contributed by atoms with Crippen LogP contribution in [0.25, 0.3) is 6.08 Å². The van der Waals surface area contributed by atoms with Crippen molar-refractivity contribution in [1.29, 1.82) is 0 Å². The molecule has 0 radical (unpaired) electrons. The fourth-order valence-corrected chi connectivity index (χ4v) is 5.07. The number of carbonyl (C=O) groups excluding carboxylic acids is 2. The van der Waals surface area contributed by atoms with Crippen LogP contribution in [0, 0.1) is 13.8 Å². The molecular formula is C25H27N3O3S. The van der Waals surface area contributed by atoms with Gasteiger partial charge in [0.25, 0.3) is 5.91 Å². The molecule has 2 aromatic rings. The number of thioether (sulfide) groups is 1. The second kappa shape index (κ2) is 9.61. The second-order valence-corrected chi connectivity index (χ2v) is 9.25. The molecule has 2 aliphatic rings. The molecule has 0 spiro atoms. The lowest BCUT2D eigenvalue weighted by atomic mass is 10.1. The maximum atomic E-state index is 13.5. The predicted octanol–water partition coefficient (Wildman–Crippen LogP) is 4.46. The first-order valence-corrected chi connectivity index (χ1v) is 11.6. The van der Waals surface area contributed by atoms with Crippen molar-refractivity contribution in [1.82, 2.24) is 5.32 Å². The van der Waals surface area contributed by atoms with Crippen LogP contribution in [0.15, 0.2) is 53.2 Å². The fraction of sp³-hybridized carbons (Fsp3) is 0.320. The van der Waals surface area contributed by atoms with Crippen molar-refractivity contribution in [2.45, 2.75) is 38.4 Å². The fourth-order valence-electron chi connectivity index (χ4n) is 3.89. The van der Waals surface area contributed by atoms with Crippen molar-refractivity contribution >= 4 is 40.5 Å². The van der Waals surface area contributed by atoms with E-state index in [2.05, 4.69) is 16.4 Å². The molecule has 1 atom stereocenters. The number of rotatable bonds is 4. The Morgan fingerprint density at radius 3 is 2.50 bits per heavy atom. The number of methoxy groups -OCH3 is 1. The highest BCUT2D eigenvalue weighted by Crippen LogP contribution is 2.34. The van der Waals surface area contributed by atoms with Crippen LogP contribution in [0.1, 0.15) is 36.0 Å². The summed E-state index contributed by atoms with van der Waals surface area (Å²) < 4.78 is 5.21. The zero-order valence-electron chi connectivity index (χ0n) is 18.6. The standard InChI is InChI=1S/C25H27N3O3S/c1-16-12-17(2)14-19(13-16)28-24(30)21(15-18-7-9-20(31-3)10-8-18)27-25(28)32-22-6-4-5-11-26-23(22)29/h7-10,12-15,22H,4-6,11H2,1-3H3,(H,26,29)/b21-15-. The van der Waals surface area contributed by atoms with E-state index in [1.54, 1.807) is 18.1 Å². The van der Waals surface area contributed by atoms with Crippen molar-refractivity contribution in [3.05, 3.63) is 64.9 Å². The Morgan fingerprint density at radius 1 is 1.09 bits per heavy atom. The van der Waals surface area contributed by atoms with E-state index in [-0.39, 0.29) is 17.1 Å². The molecule has 32 heavy (non-hydrogen) atoms. The molecule has 2 amide bonds. The quantitative estimate of drug-likeness (QED) is 0.700. The normalized spacial score (nSPS) is 20.2. The minimum absolute atomic E-state index is 0.00982. The van der Waals surface area contributed by atoms with Gasteiger partial charge in [0.1, 0.15) is 11.4 Å². The van der Waals surface area contributed by atoms with Gasteiger partial charge in [0.15, 0.2) is 5.17 Å². The average molecular weight is 450 g/mol. The summed E-state index contributed by atoms with van der Waals surface area (Å²) in [6.45, 7) is 4.71. The Kier molecular flexibility index (Phi) is 6.65. The van der Waals surface area contributed by atoms with Crippen LogP contribution in [0.3, 0.4) is 0 Å². The van der Waals surface area contributed by atoms with Gasteiger partial charge in [0.05, 0.1) is 18.0 Å². The van der Waals surface area contributed by atoms with E-state index >= 15 is 0 Å². The van der Waals surface area contributed by atoms with E-state index in [0.717, 1.165) is 47.4 Å². The van der Waals surface area contributed by atoms with Gasteiger partial charge < -0.3 is 10.1 Å². The van der Waals surface area contributed by atoms with Crippen molar-refractivity contribution in [2.75, 3.05) is 18.6 Å². The molecular weight excluding hydrogens is 422 g/mol. The van der Waals surface area contributed by atoms with Crippen LogP contribution in [-0.4, -0.2) is 35.9 Å². The predicted molar refractivity (Wildman–Crippen MR) is 130 cm³/mol. The van der Waals surface area contributed by atoms with Gasteiger partial charge in [-0.25, -0.2) is 4.99 Å². The molecule has 1 saturated heterocycles. The number of hydrogen-bond acceptors (Lipinski definition) is 5. The summed E-state index contributed by atoms with van der Waals surface area (Å²) in [4.78, 5) is 32.3. The lowest BCUT2D eigenvalue weighted by Crippen LogP contribution is -2.35. The number of anilines is 1. The molecule has 2 aliphatic heterocycles. The zero-order valence-corrected chi connectivity index (χ0v) is 19.4. The van der Waals surface area contributed by atoms with Gasteiger partial charge in [-0.1, -0.05) is 36.4 Å². The number of ether oxygens (including phenoxy) is 1. The molecule has 0 aliphatic carbocycles. The Hall–Kier alpha value is -3.06. The zero-order chi connectivity index (χ0) is 22.7. The van der Waals surface area contributed by atoms with E-state index < -0.39 is 0 Å². The summed E-state index contributed by atoms with van der Waals surface area (Å²) in [5, 5.41) is 3.25. The number of aliphatic imine (C=N–C) groups is 1. The smallest absolute Gasteiger partial charge is 0.283 e. The molecule has 166 valence electrons. The lowest BCUT2D eigenvalue weighted by molar-refractivity contribution is -0.120. The third kappa shape index (κ3) is 4.88. The number of amidine groups is 1. The Morgan fingerprint density at radius 2 is 1.81 bits per heavy atom. The first kappa shape index (κ1) is 22.1. The third-order valence-electron chi connectivity index (χ3n) is 5.45. The van der Waals surface area contributed by atoms with Crippen LogP contribution < -0.4 is 15.0 Å². The van der Waals surface area contributed by atoms with Crippen LogP contribution >= 0.6 is 11.8 Å². The van der Waals surface area contributed by atoms with Gasteiger partial charge in [-0.15, -0.1) is 0 Å².